The third-order valence-electron chi connectivity index (χ3n) is 2.11. The third-order valence-corrected chi connectivity index (χ3v) is 2.11. The van der Waals surface area contributed by atoms with E-state index in [4.69, 9.17) is 10.5 Å². The second-order valence-electron chi connectivity index (χ2n) is 3.09. The second kappa shape index (κ2) is 5.27. The van der Waals surface area contributed by atoms with Crippen LogP contribution in [0.4, 0.5) is 0 Å². The van der Waals surface area contributed by atoms with Crippen LogP contribution >= 0.6 is 0 Å². The zero-order chi connectivity index (χ0) is 12.1. The van der Waals surface area contributed by atoms with Crippen molar-refractivity contribution >= 4 is 11.8 Å². The van der Waals surface area contributed by atoms with E-state index in [0.717, 1.165) is 0 Å². The molecule has 0 unspecified atom stereocenters. The van der Waals surface area contributed by atoms with Crippen molar-refractivity contribution in [3.8, 4) is 5.75 Å². The summed E-state index contributed by atoms with van der Waals surface area (Å²) < 4.78 is 9.33. The first kappa shape index (κ1) is 12.2. The molecule has 0 spiro atoms. The Hall–Kier alpha value is -1.88. The van der Waals surface area contributed by atoms with Crippen molar-refractivity contribution in [3.05, 3.63) is 29.8 Å². The second-order valence-corrected chi connectivity index (χ2v) is 3.09. The van der Waals surface area contributed by atoms with Gasteiger partial charge in [0.25, 0.3) is 0 Å². The molecule has 0 amide bonds. The van der Waals surface area contributed by atoms with E-state index in [2.05, 4.69) is 4.74 Å². The zero-order valence-electron chi connectivity index (χ0n) is 9.10. The van der Waals surface area contributed by atoms with Gasteiger partial charge in [-0.15, -0.1) is 0 Å². The first-order valence-corrected chi connectivity index (χ1v) is 4.62. The number of rotatable bonds is 4. The number of ketones is 1. The Bertz CT molecular complexity index is 385. The molecule has 5 heteroatoms. The molecule has 1 atom stereocenters. The van der Waals surface area contributed by atoms with Crippen LogP contribution in [0.2, 0.25) is 0 Å². The number of esters is 1. The van der Waals surface area contributed by atoms with Crippen molar-refractivity contribution < 1.29 is 19.1 Å². The van der Waals surface area contributed by atoms with Crippen molar-refractivity contribution in [2.45, 2.75) is 6.04 Å². The minimum absolute atomic E-state index is 0.346. The lowest BCUT2D eigenvalue weighted by atomic mass is 10.1. The number of carbonyl (C=O) groups excluding carboxylic acids is 2. The van der Waals surface area contributed by atoms with E-state index in [-0.39, 0.29) is 0 Å². The fourth-order valence-electron chi connectivity index (χ4n) is 1.17. The van der Waals surface area contributed by atoms with Gasteiger partial charge >= 0.3 is 5.97 Å². The van der Waals surface area contributed by atoms with Gasteiger partial charge in [0.2, 0.25) is 0 Å². The molecule has 5 nitrogen and oxygen atoms in total. The largest absolute Gasteiger partial charge is 0.497 e. The van der Waals surface area contributed by atoms with E-state index in [1.807, 2.05) is 0 Å². The van der Waals surface area contributed by atoms with Crippen LogP contribution in [0.1, 0.15) is 10.4 Å². The maximum atomic E-state index is 11.7. The average molecular weight is 223 g/mol. The number of hydrogen-bond acceptors (Lipinski definition) is 5. The molecule has 0 radical (unpaired) electrons. The van der Waals surface area contributed by atoms with Crippen LogP contribution in [-0.2, 0) is 9.53 Å². The van der Waals surface area contributed by atoms with Crippen LogP contribution in [0.5, 0.6) is 5.75 Å². The topological polar surface area (TPSA) is 78.6 Å². The molecular weight excluding hydrogens is 210 g/mol. The molecular formula is C11H13NO4. The minimum Gasteiger partial charge on any atom is -0.497 e. The number of nitrogens with two attached hydrogens (primary N) is 1. The van der Waals surface area contributed by atoms with Crippen LogP contribution in [0.25, 0.3) is 0 Å². The summed E-state index contributed by atoms with van der Waals surface area (Å²) in [6.07, 6.45) is 0. The summed E-state index contributed by atoms with van der Waals surface area (Å²) in [4.78, 5) is 22.7. The first-order valence-electron chi connectivity index (χ1n) is 4.62. The Labute approximate surface area is 93.1 Å². The Kier molecular flexibility index (Phi) is 4.02. The van der Waals surface area contributed by atoms with Crippen molar-refractivity contribution in [3.63, 3.8) is 0 Å². The van der Waals surface area contributed by atoms with E-state index >= 15 is 0 Å². The number of hydrogen-bond donors (Lipinski definition) is 1. The van der Waals surface area contributed by atoms with Crippen LogP contribution in [-0.4, -0.2) is 32.0 Å². The van der Waals surface area contributed by atoms with Crippen LogP contribution in [0.3, 0.4) is 0 Å². The van der Waals surface area contributed by atoms with Gasteiger partial charge in [0.05, 0.1) is 14.2 Å². The molecule has 86 valence electrons. The fourth-order valence-corrected chi connectivity index (χ4v) is 1.17. The number of benzene rings is 1. The smallest absolute Gasteiger partial charge is 0.330 e. The molecule has 0 aromatic heterocycles. The van der Waals surface area contributed by atoms with Crippen LogP contribution < -0.4 is 10.5 Å². The summed E-state index contributed by atoms with van der Waals surface area (Å²) in [5, 5.41) is 0. The summed E-state index contributed by atoms with van der Waals surface area (Å²) >= 11 is 0. The Balaban J connectivity index is 2.84. The highest BCUT2D eigenvalue weighted by Gasteiger charge is 2.23. The maximum absolute atomic E-state index is 11.7. The number of carbonyl (C=O) groups is 2. The molecule has 16 heavy (non-hydrogen) atoms. The maximum Gasteiger partial charge on any atom is 0.330 e. The normalized spacial score (nSPS) is 11.7. The van der Waals surface area contributed by atoms with Gasteiger partial charge in [0.15, 0.2) is 11.8 Å². The van der Waals surface area contributed by atoms with Crippen molar-refractivity contribution in [1.82, 2.24) is 0 Å². The van der Waals surface area contributed by atoms with Gasteiger partial charge in [-0.1, -0.05) is 0 Å². The highest BCUT2D eigenvalue weighted by atomic mass is 16.5. The summed E-state index contributed by atoms with van der Waals surface area (Å²) in [5.74, 6) is -0.599. The van der Waals surface area contributed by atoms with E-state index in [0.29, 0.717) is 11.3 Å². The lowest BCUT2D eigenvalue weighted by Gasteiger charge is -2.08. The monoisotopic (exact) mass is 223 g/mol. The molecule has 0 fully saturated rings. The van der Waals surface area contributed by atoms with Gasteiger partial charge in [-0.05, 0) is 24.3 Å². The molecule has 1 aromatic carbocycles. The number of methoxy groups -OCH3 is 2. The van der Waals surface area contributed by atoms with Crippen LogP contribution in [0, 0.1) is 0 Å². The quantitative estimate of drug-likeness (QED) is 0.453. The van der Waals surface area contributed by atoms with Crippen molar-refractivity contribution in [2.75, 3.05) is 14.2 Å². The molecule has 0 aliphatic rings. The molecule has 1 aromatic rings. The summed E-state index contributed by atoms with van der Waals surface area (Å²) in [6.45, 7) is 0. The molecule has 0 saturated carbocycles. The highest BCUT2D eigenvalue weighted by Crippen LogP contribution is 2.12. The summed E-state index contributed by atoms with van der Waals surface area (Å²) in [7, 11) is 2.71. The summed E-state index contributed by atoms with van der Waals surface area (Å²) in [6, 6.07) is 5.06. The van der Waals surface area contributed by atoms with Gasteiger partial charge < -0.3 is 15.2 Å². The molecule has 0 aliphatic heterocycles. The standard InChI is InChI=1S/C11H13NO4/c1-15-8-5-3-7(4-6-8)10(13)9(12)11(14)16-2/h3-6,9H,12H2,1-2H3/t9-/m0/s1. The number of ether oxygens (including phenoxy) is 2. The fraction of sp³-hybridized carbons (Fsp3) is 0.273. The Morgan fingerprint density at radius 3 is 2.19 bits per heavy atom. The van der Waals surface area contributed by atoms with Crippen molar-refractivity contribution in [2.24, 2.45) is 5.73 Å². The van der Waals surface area contributed by atoms with E-state index in [1.165, 1.54) is 14.2 Å². The molecule has 2 N–H and O–H groups in total. The predicted molar refractivity (Wildman–Crippen MR) is 57.3 cm³/mol. The Morgan fingerprint density at radius 1 is 1.19 bits per heavy atom. The van der Waals surface area contributed by atoms with Gasteiger partial charge in [0.1, 0.15) is 5.75 Å². The molecule has 0 heterocycles. The van der Waals surface area contributed by atoms with Crippen LogP contribution in [0.15, 0.2) is 24.3 Å². The lowest BCUT2D eigenvalue weighted by molar-refractivity contribution is -0.140. The Morgan fingerprint density at radius 2 is 1.75 bits per heavy atom. The van der Waals surface area contributed by atoms with Gasteiger partial charge in [-0.25, -0.2) is 4.79 Å². The van der Waals surface area contributed by atoms with E-state index < -0.39 is 17.8 Å². The zero-order valence-corrected chi connectivity index (χ0v) is 9.10. The minimum atomic E-state index is -1.28. The highest BCUT2D eigenvalue weighted by molar-refractivity contribution is 6.11. The third kappa shape index (κ3) is 2.58. The molecule has 0 saturated heterocycles. The van der Waals surface area contributed by atoms with Gasteiger partial charge in [0, 0.05) is 5.56 Å². The predicted octanol–water partition coefficient (Wildman–Crippen LogP) is 0.378. The van der Waals surface area contributed by atoms with E-state index in [9.17, 15) is 9.59 Å². The lowest BCUT2D eigenvalue weighted by Crippen LogP contribution is -2.39. The molecule has 1 rings (SSSR count). The summed E-state index contributed by atoms with van der Waals surface area (Å²) in [5.41, 5.74) is 5.76. The average Bonchev–Trinajstić information content (AvgIpc) is 2.36. The van der Waals surface area contributed by atoms with E-state index in [1.54, 1.807) is 24.3 Å². The SMILES string of the molecule is COC(=O)[C@@H](N)C(=O)c1ccc(OC)cc1. The van der Waals surface area contributed by atoms with Gasteiger partial charge in [-0.3, -0.25) is 4.79 Å². The van der Waals surface area contributed by atoms with Gasteiger partial charge in [-0.2, -0.15) is 0 Å². The number of Topliss-reactive ketones (excluding diaryl/α,β-unsaturated/α-hetero) is 1. The molecule has 0 bridgehead atoms. The molecule has 0 aliphatic carbocycles. The van der Waals surface area contributed by atoms with Crippen molar-refractivity contribution in [1.29, 1.82) is 0 Å². The first-order chi connectivity index (χ1) is 7.60.